The van der Waals surface area contributed by atoms with Crippen LogP contribution >= 0.6 is 15.9 Å². The highest BCUT2D eigenvalue weighted by atomic mass is 79.9. The Kier molecular flexibility index (Phi) is 6.78. The second kappa shape index (κ2) is 9.69. The zero-order chi connectivity index (χ0) is 23.3. The van der Waals surface area contributed by atoms with Crippen LogP contribution in [0.5, 0.6) is 11.5 Å². The van der Waals surface area contributed by atoms with Crippen molar-refractivity contribution in [3.63, 3.8) is 0 Å². The van der Waals surface area contributed by atoms with Gasteiger partial charge in [0.1, 0.15) is 29.1 Å². The SMILES string of the molecule is COc1cc(-c2c(C#N)c(N)[nH]c(=O)c2C#N)ccc1OCC(=O)Nc1ccc(Br)cc1. The van der Waals surface area contributed by atoms with E-state index in [0.717, 1.165) is 4.47 Å². The molecule has 0 saturated carbocycles. The first kappa shape index (κ1) is 22.4. The van der Waals surface area contributed by atoms with Crippen LogP contribution in [0.3, 0.4) is 0 Å². The Balaban J connectivity index is 1.87. The summed E-state index contributed by atoms with van der Waals surface area (Å²) in [5.74, 6) is -0.0163. The number of nitriles is 2. The van der Waals surface area contributed by atoms with E-state index in [1.165, 1.54) is 19.2 Å². The Bertz CT molecular complexity index is 1320. The van der Waals surface area contributed by atoms with Crippen LogP contribution in [0.25, 0.3) is 11.1 Å². The highest BCUT2D eigenvalue weighted by molar-refractivity contribution is 9.10. The summed E-state index contributed by atoms with van der Waals surface area (Å²) in [6, 6.07) is 15.3. The molecular weight excluding hydrogens is 478 g/mol. The molecule has 0 spiro atoms. The van der Waals surface area contributed by atoms with Crippen LogP contribution < -0.4 is 26.1 Å². The molecule has 0 unspecified atom stereocenters. The third kappa shape index (κ3) is 4.72. The highest BCUT2D eigenvalue weighted by Gasteiger charge is 2.20. The van der Waals surface area contributed by atoms with Crippen molar-refractivity contribution in [2.75, 3.05) is 24.8 Å². The Morgan fingerprint density at radius 2 is 1.81 bits per heavy atom. The summed E-state index contributed by atoms with van der Waals surface area (Å²) in [6.45, 7) is -0.281. The molecule has 9 nitrogen and oxygen atoms in total. The summed E-state index contributed by atoms with van der Waals surface area (Å²) in [4.78, 5) is 26.6. The van der Waals surface area contributed by atoms with Crippen molar-refractivity contribution < 1.29 is 14.3 Å². The normalized spacial score (nSPS) is 10.0. The maximum absolute atomic E-state index is 12.2. The summed E-state index contributed by atoms with van der Waals surface area (Å²) >= 11 is 3.32. The fraction of sp³-hybridized carbons (Fsp3) is 0.0909. The summed E-state index contributed by atoms with van der Waals surface area (Å²) in [5.41, 5.74) is 5.83. The lowest BCUT2D eigenvalue weighted by Crippen LogP contribution is -2.20. The monoisotopic (exact) mass is 493 g/mol. The predicted molar refractivity (Wildman–Crippen MR) is 121 cm³/mol. The fourth-order valence-electron chi connectivity index (χ4n) is 2.95. The van der Waals surface area contributed by atoms with Gasteiger partial charge in [0.05, 0.1) is 7.11 Å². The summed E-state index contributed by atoms with van der Waals surface area (Å²) in [7, 11) is 1.40. The molecular formula is C22H16BrN5O4. The third-order valence-electron chi connectivity index (χ3n) is 4.41. The maximum atomic E-state index is 12.2. The average Bonchev–Trinajstić information content (AvgIpc) is 2.78. The molecule has 160 valence electrons. The molecule has 32 heavy (non-hydrogen) atoms. The van der Waals surface area contributed by atoms with Crippen LogP contribution in [0.2, 0.25) is 0 Å². The Morgan fingerprint density at radius 1 is 1.12 bits per heavy atom. The van der Waals surface area contributed by atoms with E-state index < -0.39 is 5.56 Å². The second-order valence-corrected chi connectivity index (χ2v) is 7.34. The van der Waals surface area contributed by atoms with Crippen molar-refractivity contribution in [1.29, 1.82) is 10.5 Å². The van der Waals surface area contributed by atoms with Gasteiger partial charge < -0.3 is 25.5 Å². The minimum atomic E-state index is -0.706. The first-order chi connectivity index (χ1) is 15.4. The molecule has 0 aliphatic heterocycles. The number of hydrogen-bond acceptors (Lipinski definition) is 7. The van der Waals surface area contributed by atoms with Gasteiger partial charge in [0.2, 0.25) is 0 Å². The van der Waals surface area contributed by atoms with E-state index in [2.05, 4.69) is 26.2 Å². The Labute approximate surface area is 191 Å². The van der Waals surface area contributed by atoms with E-state index in [0.29, 0.717) is 11.3 Å². The fourth-order valence-corrected chi connectivity index (χ4v) is 3.21. The first-order valence-electron chi connectivity index (χ1n) is 9.10. The van der Waals surface area contributed by atoms with E-state index in [-0.39, 0.29) is 46.5 Å². The van der Waals surface area contributed by atoms with Crippen LogP contribution in [0, 0.1) is 22.7 Å². The van der Waals surface area contributed by atoms with Gasteiger partial charge in [-0.1, -0.05) is 22.0 Å². The second-order valence-electron chi connectivity index (χ2n) is 6.43. The smallest absolute Gasteiger partial charge is 0.268 e. The van der Waals surface area contributed by atoms with Gasteiger partial charge in [-0.15, -0.1) is 0 Å². The highest BCUT2D eigenvalue weighted by Crippen LogP contribution is 2.35. The van der Waals surface area contributed by atoms with Crippen LogP contribution in [-0.2, 0) is 4.79 Å². The quantitative estimate of drug-likeness (QED) is 0.476. The Morgan fingerprint density at radius 3 is 2.44 bits per heavy atom. The number of pyridine rings is 1. The van der Waals surface area contributed by atoms with E-state index in [9.17, 15) is 20.1 Å². The molecule has 2 aromatic carbocycles. The number of amides is 1. The van der Waals surface area contributed by atoms with Crippen molar-refractivity contribution in [1.82, 2.24) is 4.98 Å². The van der Waals surface area contributed by atoms with Gasteiger partial charge >= 0.3 is 0 Å². The third-order valence-corrected chi connectivity index (χ3v) is 4.94. The molecule has 0 saturated heterocycles. The number of aromatic amines is 1. The van der Waals surface area contributed by atoms with E-state index in [1.54, 1.807) is 36.4 Å². The number of benzene rings is 2. The Hall–Kier alpha value is -4.28. The lowest BCUT2D eigenvalue weighted by atomic mass is 9.96. The standard InChI is InChI=1S/C22H16BrN5O4/c1-31-18-8-12(20-15(9-24)21(26)28-22(30)16(20)10-25)2-7-17(18)32-11-19(29)27-14-5-3-13(23)4-6-14/h2-8H,11H2,1H3,(H,27,29)(H3,26,28,30). The number of hydrogen-bond donors (Lipinski definition) is 3. The number of carbonyl (C=O) groups excluding carboxylic acids is 1. The number of H-pyrrole nitrogens is 1. The lowest BCUT2D eigenvalue weighted by molar-refractivity contribution is -0.118. The largest absolute Gasteiger partial charge is 0.493 e. The van der Waals surface area contributed by atoms with Gasteiger partial charge in [-0.3, -0.25) is 9.59 Å². The van der Waals surface area contributed by atoms with Crippen LogP contribution in [-0.4, -0.2) is 24.6 Å². The molecule has 3 rings (SSSR count). The van der Waals surface area contributed by atoms with Gasteiger partial charge in [0, 0.05) is 15.7 Å². The average molecular weight is 494 g/mol. The first-order valence-corrected chi connectivity index (χ1v) is 9.89. The molecule has 0 fully saturated rings. The van der Waals surface area contributed by atoms with Crippen LogP contribution in [0.4, 0.5) is 11.5 Å². The van der Waals surface area contributed by atoms with E-state index >= 15 is 0 Å². The van der Waals surface area contributed by atoms with Crippen molar-refractivity contribution in [3.05, 3.63) is 68.4 Å². The number of methoxy groups -OCH3 is 1. The molecule has 10 heteroatoms. The number of halogens is 1. The zero-order valence-corrected chi connectivity index (χ0v) is 18.3. The van der Waals surface area contributed by atoms with E-state index in [4.69, 9.17) is 15.2 Å². The lowest BCUT2D eigenvalue weighted by Gasteiger charge is -2.14. The molecule has 4 N–H and O–H groups in total. The molecule has 1 aromatic heterocycles. The van der Waals surface area contributed by atoms with Gasteiger partial charge in [-0.2, -0.15) is 10.5 Å². The number of nitrogen functional groups attached to an aromatic ring is 1. The van der Waals surface area contributed by atoms with Gasteiger partial charge in [0.15, 0.2) is 18.1 Å². The maximum Gasteiger partial charge on any atom is 0.268 e. The van der Waals surface area contributed by atoms with Crippen LogP contribution in [0.15, 0.2) is 51.7 Å². The number of ether oxygens (including phenoxy) is 2. The summed E-state index contributed by atoms with van der Waals surface area (Å²) < 4.78 is 11.8. The topological polar surface area (TPSA) is 154 Å². The van der Waals surface area contributed by atoms with E-state index in [1.807, 2.05) is 6.07 Å². The van der Waals surface area contributed by atoms with Gasteiger partial charge in [0.25, 0.3) is 11.5 Å². The molecule has 1 amide bonds. The number of nitrogens with zero attached hydrogens (tertiary/aromatic N) is 2. The molecule has 1 heterocycles. The number of anilines is 2. The predicted octanol–water partition coefficient (Wildman–Crippen LogP) is 3.16. The zero-order valence-electron chi connectivity index (χ0n) is 16.7. The van der Waals surface area contributed by atoms with Gasteiger partial charge in [-0.05, 0) is 42.0 Å². The molecule has 0 atom stereocenters. The molecule has 0 aliphatic carbocycles. The minimum Gasteiger partial charge on any atom is -0.493 e. The van der Waals surface area contributed by atoms with Gasteiger partial charge in [-0.25, -0.2) is 0 Å². The summed E-state index contributed by atoms with van der Waals surface area (Å²) in [5, 5.41) is 21.6. The summed E-state index contributed by atoms with van der Waals surface area (Å²) in [6.07, 6.45) is 0. The number of carbonyl (C=O) groups is 1. The number of nitrogens with two attached hydrogens (primary N) is 1. The molecule has 0 aliphatic rings. The van der Waals surface area contributed by atoms with Crippen LogP contribution in [0.1, 0.15) is 11.1 Å². The van der Waals surface area contributed by atoms with Crippen molar-refractivity contribution in [3.8, 4) is 34.8 Å². The minimum absolute atomic E-state index is 0.0363. The number of rotatable bonds is 6. The number of aromatic nitrogens is 1. The molecule has 0 bridgehead atoms. The van der Waals surface area contributed by atoms with Crippen molar-refractivity contribution in [2.24, 2.45) is 0 Å². The van der Waals surface area contributed by atoms with Crippen molar-refractivity contribution in [2.45, 2.75) is 0 Å². The number of nitrogens with one attached hydrogen (secondary N) is 2. The molecule has 3 aromatic rings. The molecule has 0 radical (unpaired) electrons. The van der Waals surface area contributed by atoms with Crippen molar-refractivity contribution >= 4 is 33.3 Å².